The van der Waals surface area contributed by atoms with Gasteiger partial charge in [-0.3, -0.25) is 4.79 Å². The van der Waals surface area contributed by atoms with E-state index in [1.54, 1.807) is 26.1 Å². The number of nitrogens with one attached hydrogen (secondary N) is 1. The first kappa shape index (κ1) is 19.4. The molecule has 0 fully saturated rings. The van der Waals surface area contributed by atoms with Gasteiger partial charge in [-0.1, -0.05) is 38.1 Å². The van der Waals surface area contributed by atoms with Crippen LogP contribution in [0.1, 0.15) is 44.0 Å². The Morgan fingerprint density at radius 2 is 1.88 bits per heavy atom. The van der Waals surface area contributed by atoms with E-state index >= 15 is 0 Å². The maximum absolute atomic E-state index is 12.1. The van der Waals surface area contributed by atoms with Gasteiger partial charge in [-0.2, -0.15) is 4.98 Å². The Kier molecular flexibility index (Phi) is 6.32. The third kappa shape index (κ3) is 5.30. The molecule has 1 unspecified atom stereocenters. The molecule has 0 aliphatic carbocycles. The molecule has 2 amide bonds. The standard InChI is InChI=1S/C18H24N4O4/c1-11(2)16-20-15(26-21-16)9-13-5-7-14(8-6-13)19-18(25)22(4)10-12(3)17(23)24/h5-8,11-12H,9-10H2,1-4H3,(H,19,25)(H,23,24). The highest BCUT2D eigenvalue weighted by molar-refractivity contribution is 5.89. The summed E-state index contributed by atoms with van der Waals surface area (Å²) < 4.78 is 5.23. The zero-order valence-electron chi connectivity index (χ0n) is 15.4. The normalized spacial score (nSPS) is 12.0. The van der Waals surface area contributed by atoms with E-state index in [0.717, 1.165) is 5.56 Å². The number of carbonyl (C=O) groups excluding carboxylic acids is 1. The molecule has 0 aliphatic rings. The lowest BCUT2D eigenvalue weighted by Gasteiger charge is -2.20. The summed E-state index contributed by atoms with van der Waals surface area (Å²) in [5, 5.41) is 15.6. The number of nitrogens with zero attached hydrogens (tertiary/aromatic N) is 3. The molecule has 0 saturated carbocycles. The van der Waals surface area contributed by atoms with Gasteiger partial charge in [0, 0.05) is 25.2 Å². The number of benzene rings is 1. The molecule has 8 heteroatoms. The minimum absolute atomic E-state index is 0.134. The molecule has 8 nitrogen and oxygen atoms in total. The molecule has 1 aromatic carbocycles. The Hall–Kier alpha value is -2.90. The van der Waals surface area contributed by atoms with E-state index in [9.17, 15) is 9.59 Å². The van der Waals surface area contributed by atoms with Crippen molar-refractivity contribution in [1.29, 1.82) is 0 Å². The second kappa shape index (κ2) is 8.46. The smallest absolute Gasteiger partial charge is 0.321 e. The summed E-state index contributed by atoms with van der Waals surface area (Å²) in [5.74, 6) is -0.116. The monoisotopic (exact) mass is 360 g/mol. The zero-order valence-corrected chi connectivity index (χ0v) is 15.4. The van der Waals surface area contributed by atoms with Crippen molar-refractivity contribution in [3.05, 3.63) is 41.5 Å². The number of hydrogen-bond acceptors (Lipinski definition) is 5. The van der Waals surface area contributed by atoms with Crippen LogP contribution in [0, 0.1) is 5.92 Å². The van der Waals surface area contributed by atoms with Gasteiger partial charge in [-0.15, -0.1) is 0 Å². The molecule has 2 aromatic rings. The van der Waals surface area contributed by atoms with Crippen molar-refractivity contribution >= 4 is 17.7 Å². The van der Waals surface area contributed by atoms with E-state index in [0.29, 0.717) is 23.8 Å². The van der Waals surface area contributed by atoms with Gasteiger partial charge in [0.05, 0.1) is 12.3 Å². The van der Waals surface area contributed by atoms with Crippen LogP contribution in [-0.4, -0.2) is 45.7 Å². The fourth-order valence-corrected chi connectivity index (χ4v) is 2.25. The molecule has 1 heterocycles. The highest BCUT2D eigenvalue weighted by Gasteiger charge is 2.17. The third-order valence-electron chi connectivity index (χ3n) is 3.88. The van der Waals surface area contributed by atoms with Gasteiger partial charge in [-0.25, -0.2) is 4.79 Å². The molecule has 2 N–H and O–H groups in total. The number of rotatable bonds is 7. The summed E-state index contributed by atoms with van der Waals surface area (Å²) >= 11 is 0. The summed E-state index contributed by atoms with van der Waals surface area (Å²) in [6.45, 7) is 5.69. The molecular weight excluding hydrogens is 336 g/mol. The number of amides is 2. The minimum atomic E-state index is -0.935. The van der Waals surface area contributed by atoms with E-state index < -0.39 is 11.9 Å². The number of carboxylic acid groups (broad SMARTS) is 1. The first-order valence-electron chi connectivity index (χ1n) is 8.42. The van der Waals surface area contributed by atoms with Crippen LogP contribution in [0.3, 0.4) is 0 Å². The molecule has 26 heavy (non-hydrogen) atoms. The number of hydrogen-bond donors (Lipinski definition) is 2. The van der Waals surface area contributed by atoms with E-state index in [4.69, 9.17) is 9.63 Å². The van der Waals surface area contributed by atoms with Crippen LogP contribution < -0.4 is 5.32 Å². The van der Waals surface area contributed by atoms with Crippen LogP contribution in [0.5, 0.6) is 0 Å². The first-order valence-corrected chi connectivity index (χ1v) is 8.42. The first-order chi connectivity index (χ1) is 12.3. The molecule has 1 aromatic heterocycles. The van der Waals surface area contributed by atoms with Crippen LogP contribution >= 0.6 is 0 Å². The SMILES string of the molecule is CC(CN(C)C(=O)Nc1ccc(Cc2nc(C(C)C)no2)cc1)C(=O)O. The van der Waals surface area contributed by atoms with Crippen molar-refractivity contribution < 1.29 is 19.2 Å². The van der Waals surface area contributed by atoms with Gasteiger partial charge in [-0.05, 0) is 17.7 Å². The highest BCUT2D eigenvalue weighted by Crippen LogP contribution is 2.15. The quantitative estimate of drug-likeness (QED) is 0.786. The van der Waals surface area contributed by atoms with Gasteiger partial charge >= 0.3 is 12.0 Å². The molecule has 0 aliphatic heterocycles. The molecule has 2 rings (SSSR count). The Morgan fingerprint density at radius 3 is 2.42 bits per heavy atom. The molecule has 0 spiro atoms. The van der Waals surface area contributed by atoms with Gasteiger partial charge in [0.2, 0.25) is 5.89 Å². The van der Waals surface area contributed by atoms with Gasteiger partial charge in [0.25, 0.3) is 0 Å². The lowest BCUT2D eigenvalue weighted by molar-refractivity contribution is -0.141. The second-order valence-corrected chi connectivity index (χ2v) is 6.62. The lowest BCUT2D eigenvalue weighted by atomic mass is 10.1. The van der Waals surface area contributed by atoms with Crippen molar-refractivity contribution in [2.45, 2.75) is 33.1 Å². The van der Waals surface area contributed by atoms with Crippen LogP contribution in [0.25, 0.3) is 0 Å². The summed E-state index contributed by atoms with van der Waals surface area (Å²) in [5.41, 5.74) is 1.61. The maximum Gasteiger partial charge on any atom is 0.321 e. The zero-order chi connectivity index (χ0) is 19.3. The number of aromatic nitrogens is 2. The van der Waals surface area contributed by atoms with Crippen molar-refractivity contribution in [3.8, 4) is 0 Å². The number of urea groups is 1. The Morgan fingerprint density at radius 1 is 1.23 bits per heavy atom. The predicted molar refractivity (Wildman–Crippen MR) is 96.1 cm³/mol. The Labute approximate surface area is 152 Å². The van der Waals surface area contributed by atoms with Crippen molar-refractivity contribution in [3.63, 3.8) is 0 Å². The van der Waals surface area contributed by atoms with E-state index in [-0.39, 0.29) is 18.5 Å². The number of anilines is 1. The van der Waals surface area contributed by atoms with Crippen LogP contribution in [-0.2, 0) is 11.2 Å². The Balaban J connectivity index is 1.92. The number of carboxylic acids is 1. The largest absolute Gasteiger partial charge is 0.481 e. The average molecular weight is 360 g/mol. The molecule has 140 valence electrons. The molecular formula is C18H24N4O4. The summed E-state index contributed by atoms with van der Waals surface area (Å²) in [4.78, 5) is 28.7. The van der Waals surface area contributed by atoms with Gasteiger partial charge in [0.1, 0.15) is 0 Å². The van der Waals surface area contributed by atoms with Crippen molar-refractivity contribution in [2.24, 2.45) is 5.92 Å². The highest BCUT2D eigenvalue weighted by atomic mass is 16.5. The average Bonchev–Trinajstić information content (AvgIpc) is 3.05. The van der Waals surface area contributed by atoms with Gasteiger partial charge in [0.15, 0.2) is 5.82 Å². The van der Waals surface area contributed by atoms with E-state index in [2.05, 4.69) is 15.5 Å². The number of carbonyl (C=O) groups is 2. The summed E-state index contributed by atoms with van der Waals surface area (Å²) in [6, 6.07) is 6.94. The third-order valence-corrected chi connectivity index (χ3v) is 3.88. The Bertz CT molecular complexity index is 755. The summed E-state index contributed by atoms with van der Waals surface area (Å²) in [6.07, 6.45) is 0.518. The second-order valence-electron chi connectivity index (χ2n) is 6.62. The van der Waals surface area contributed by atoms with Crippen LogP contribution in [0.4, 0.5) is 10.5 Å². The maximum atomic E-state index is 12.1. The topological polar surface area (TPSA) is 109 Å². The predicted octanol–water partition coefficient (Wildman–Crippen LogP) is 2.97. The summed E-state index contributed by atoms with van der Waals surface area (Å²) in [7, 11) is 1.56. The molecule has 0 saturated heterocycles. The van der Waals surface area contributed by atoms with Gasteiger partial charge < -0.3 is 19.8 Å². The van der Waals surface area contributed by atoms with Crippen molar-refractivity contribution in [1.82, 2.24) is 15.0 Å². The number of aliphatic carboxylic acids is 1. The molecule has 1 atom stereocenters. The van der Waals surface area contributed by atoms with E-state index in [1.807, 2.05) is 26.0 Å². The van der Waals surface area contributed by atoms with E-state index in [1.165, 1.54) is 4.90 Å². The van der Waals surface area contributed by atoms with Crippen LogP contribution in [0.2, 0.25) is 0 Å². The molecule has 0 radical (unpaired) electrons. The van der Waals surface area contributed by atoms with Crippen molar-refractivity contribution in [2.75, 3.05) is 18.9 Å². The van der Waals surface area contributed by atoms with Crippen LogP contribution in [0.15, 0.2) is 28.8 Å². The fourth-order valence-electron chi connectivity index (χ4n) is 2.25. The lowest BCUT2D eigenvalue weighted by Crippen LogP contribution is -2.36. The molecule has 0 bridgehead atoms. The minimum Gasteiger partial charge on any atom is -0.481 e. The fraction of sp³-hybridized carbons (Fsp3) is 0.444.